The quantitative estimate of drug-likeness (QED) is 0.876. The Bertz CT molecular complexity index is 278. The lowest BCUT2D eigenvalue weighted by Gasteiger charge is -2.14. The zero-order valence-electron chi connectivity index (χ0n) is 8.59. The van der Waals surface area contributed by atoms with Gasteiger partial charge in [0.05, 0.1) is 0 Å². The Morgan fingerprint density at radius 2 is 2.29 bits per heavy atom. The molecule has 0 heterocycles. The van der Waals surface area contributed by atoms with Gasteiger partial charge in [-0.1, -0.05) is 28.9 Å². The van der Waals surface area contributed by atoms with E-state index in [1.54, 1.807) is 0 Å². The summed E-state index contributed by atoms with van der Waals surface area (Å²) in [6.07, 6.45) is 0.198. The van der Waals surface area contributed by atoms with Crippen molar-refractivity contribution in [2.45, 2.75) is 20.0 Å². The fourth-order valence-electron chi connectivity index (χ4n) is 1.16. The number of rotatable bonds is 5. The second-order valence-electron chi connectivity index (χ2n) is 3.19. The summed E-state index contributed by atoms with van der Waals surface area (Å²) >= 11 is 3.41. The molecular weight excluding hydrogens is 242 g/mol. The molecule has 1 aromatic carbocycles. The fraction of sp³-hybridized carbons (Fsp3) is 0.455. The normalized spacial score (nSPS) is 12.5. The molecule has 0 saturated heterocycles. The third-order valence-electron chi connectivity index (χ3n) is 1.82. The van der Waals surface area contributed by atoms with Crippen molar-refractivity contribution in [3.8, 4) is 5.75 Å². The molecule has 1 rings (SSSR count). The summed E-state index contributed by atoms with van der Waals surface area (Å²) in [7, 11) is 0. The highest BCUT2D eigenvalue weighted by atomic mass is 79.9. The molecule has 78 valence electrons. The number of benzene rings is 1. The first-order valence-corrected chi connectivity index (χ1v) is 5.64. The number of hydrogen-bond donors (Lipinski definition) is 1. The van der Waals surface area contributed by atoms with Crippen molar-refractivity contribution in [3.63, 3.8) is 0 Å². The van der Waals surface area contributed by atoms with Gasteiger partial charge in [-0.2, -0.15) is 0 Å². The van der Waals surface area contributed by atoms with Crippen molar-refractivity contribution in [3.05, 3.63) is 28.7 Å². The SMILES string of the molecule is CCNCC(C)Oc1cccc(Br)c1. The van der Waals surface area contributed by atoms with Crippen LogP contribution in [0.4, 0.5) is 0 Å². The Morgan fingerprint density at radius 3 is 2.93 bits per heavy atom. The van der Waals surface area contributed by atoms with Crippen LogP contribution in [0.2, 0.25) is 0 Å². The van der Waals surface area contributed by atoms with Gasteiger partial charge < -0.3 is 10.1 Å². The van der Waals surface area contributed by atoms with E-state index in [0.717, 1.165) is 23.3 Å². The molecule has 0 spiro atoms. The van der Waals surface area contributed by atoms with Gasteiger partial charge in [-0.3, -0.25) is 0 Å². The first kappa shape index (κ1) is 11.5. The maximum absolute atomic E-state index is 5.70. The molecule has 0 aliphatic heterocycles. The van der Waals surface area contributed by atoms with Gasteiger partial charge in [0, 0.05) is 11.0 Å². The molecule has 1 unspecified atom stereocenters. The maximum atomic E-state index is 5.70. The van der Waals surface area contributed by atoms with Gasteiger partial charge in [-0.05, 0) is 31.7 Å². The van der Waals surface area contributed by atoms with Gasteiger partial charge in [-0.15, -0.1) is 0 Å². The lowest BCUT2D eigenvalue weighted by Crippen LogP contribution is -2.28. The number of ether oxygens (including phenoxy) is 1. The van der Waals surface area contributed by atoms with Gasteiger partial charge in [0.15, 0.2) is 0 Å². The van der Waals surface area contributed by atoms with Crippen molar-refractivity contribution in [2.24, 2.45) is 0 Å². The van der Waals surface area contributed by atoms with E-state index in [0.29, 0.717) is 0 Å². The first-order valence-electron chi connectivity index (χ1n) is 4.85. The van der Waals surface area contributed by atoms with Crippen LogP contribution < -0.4 is 10.1 Å². The lowest BCUT2D eigenvalue weighted by molar-refractivity contribution is 0.218. The third kappa shape index (κ3) is 4.11. The van der Waals surface area contributed by atoms with Gasteiger partial charge in [0.1, 0.15) is 11.9 Å². The third-order valence-corrected chi connectivity index (χ3v) is 2.31. The highest BCUT2D eigenvalue weighted by Gasteiger charge is 2.02. The second-order valence-corrected chi connectivity index (χ2v) is 4.11. The van der Waals surface area contributed by atoms with Crippen molar-refractivity contribution >= 4 is 15.9 Å². The molecule has 0 aliphatic rings. The Hall–Kier alpha value is -0.540. The van der Waals surface area contributed by atoms with Crippen LogP contribution in [0.5, 0.6) is 5.75 Å². The lowest BCUT2D eigenvalue weighted by atomic mass is 10.3. The highest BCUT2D eigenvalue weighted by molar-refractivity contribution is 9.10. The second kappa shape index (κ2) is 6.04. The van der Waals surface area contributed by atoms with E-state index < -0.39 is 0 Å². The molecule has 2 nitrogen and oxygen atoms in total. The van der Waals surface area contributed by atoms with Crippen molar-refractivity contribution in [1.29, 1.82) is 0 Å². The fourth-order valence-corrected chi connectivity index (χ4v) is 1.54. The predicted octanol–water partition coefficient (Wildman–Crippen LogP) is 2.83. The molecule has 0 radical (unpaired) electrons. The molecule has 0 fully saturated rings. The number of nitrogens with one attached hydrogen (secondary N) is 1. The van der Waals surface area contributed by atoms with E-state index in [9.17, 15) is 0 Å². The minimum Gasteiger partial charge on any atom is -0.489 e. The highest BCUT2D eigenvalue weighted by Crippen LogP contribution is 2.18. The molecule has 0 saturated carbocycles. The minimum atomic E-state index is 0.198. The van der Waals surface area contributed by atoms with E-state index in [4.69, 9.17) is 4.74 Å². The molecule has 0 aliphatic carbocycles. The summed E-state index contributed by atoms with van der Waals surface area (Å²) in [6, 6.07) is 7.90. The van der Waals surface area contributed by atoms with Crippen LogP contribution in [-0.4, -0.2) is 19.2 Å². The Labute approximate surface area is 93.8 Å². The minimum absolute atomic E-state index is 0.198. The summed E-state index contributed by atoms with van der Waals surface area (Å²) in [5, 5.41) is 3.25. The smallest absolute Gasteiger partial charge is 0.120 e. The molecule has 1 N–H and O–H groups in total. The number of hydrogen-bond acceptors (Lipinski definition) is 2. The summed E-state index contributed by atoms with van der Waals surface area (Å²) in [4.78, 5) is 0. The maximum Gasteiger partial charge on any atom is 0.120 e. The van der Waals surface area contributed by atoms with Gasteiger partial charge in [-0.25, -0.2) is 0 Å². The molecule has 1 aromatic rings. The number of halogens is 1. The molecule has 3 heteroatoms. The summed E-state index contributed by atoms with van der Waals surface area (Å²) in [5.41, 5.74) is 0. The monoisotopic (exact) mass is 257 g/mol. The zero-order valence-corrected chi connectivity index (χ0v) is 10.2. The van der Waals surface area contributed by atoms with Crippen LogP contribution >= 0.6 is 15.9 Å². The Kier molecular flexibility index (Phi) is 4.98. The zero-order chi connectivity index (χ0) is 10.4. The van der Waals surface area contributed by atoms with Crippen LogP contribution in [0.1, 0.15) is 13.8 Å². The van der Waals surface area contributed by atoms with Gasteiger partial charge in [0.25, 0.3) is 0 Å². The van der Waals surface area contributed by atoms with Crippen LogP contribution in [-0.2, 0) is 0 Å². The molecule has 0 amide bonds. The summed E-state index contributed by atoms with van der Waals surface area (Å²) in [6.45, 7) is 6.00. The molecule has 14 heavy (non-hydrogen) atoms. The molecular formula is C11H16BrNO. The average molecular weight is 258 g/mol. The van der Waals surface area contributed by atoms with E-state index in [2.05, 4.69) is 35.1 Å². The van der Waals surface area contributed by atoms with Crippen LogP contribution in [0.25, 0.3) is 0 Å². The largest absolute Gasteiger partial charge is 0.489 e. The standard InChI is InChI=1S/C11H16BrNO/c1-3-13-8-9(2)14-11-6-4-5-10(12)7-11/h4-7,9,13H,3,8H2,1-2H3. The topological polar surface area (TPSA) is 21.3 Å². The van der Waals surface area contributed by atoms with Crippen molar-refractivity contribution < 1.29 is 4.74 Å². The first-order chi connectivity index (χ1) is 6.72. The predicted molar refractivity (Wildman–Crippen MR) is 62.8 cm³/mol. The Balaban J connectivity index is 2.43. The van der Waals surface area contributed by atoms with E-state index in [-0.39, 0.29) is 6.10 Å². The average Bonchev–Trinajstić information content (AvgIpc) is 2.15. The molecule has 0 aromatic heterocycles. The summed E-state index contributed by atoms with van der Waals surface area (Å²) < 4.78 is 6.75. The Morgan fingerprint density at radius 1 is 1.50 bits per heavy atom. The van der Waals surface area contributed by atoms with Crippen molar-refractivity contribution in [1.82, 2.24) is 5.32 Å². The van der Waals surface area contributed by atoms with Crippen molar-refractivity contribution in [2.75, 3.05) is 13.1 Å². The van der Waals surface area contributed by atoms with E-state index in [1.807, 2.05) is 24.3 Å². The number of likely N-dealkylation sites (N-methyl/N-ethyl adjacent to an activating group) is 1. The summed E-state index contributed by atoms with van der Waals surface area (Å²) in [5.74, 6) is 0.907. The van der Waals surface area contributed by atoms with Crippen LogP contribution in [0.15, 0.2) is 28.7 Å². The van der Waals surface area contributed by atoms with Crippen LogP contribution in [0.3, 0.4) is 0 Å². The van der Waals surface area contributed by atoms with Gasteiger partial charge in [0.2, 0.25) is 0 Å². The van der Waals surface area contributed by atoms with E-state index >= 15 is 0 Å². The molecule has 0 bridgehead atoms. The van der Waals surface area contributed by atoms with Crippen LogP contribution in [0, 0.1) is 0 Å². The molecule has 1 atom stereocenters. The van der Waals surface area contributed by atoms with Gasteiger partial charge >= 0.3 is 0 Å². The van der Waals surface area contributed by atoms with E-state index in [1.165, 1.54) is 0 Å².